The van der Waals surface area contributed by atoms with Crippen molar-refractivity contribution in [2.75, 3.05) is 24.5 Å². The second-order valence-corrected chi connectivity index (χ2v) is 11.7. The zero-order valence-electron chi connectivity index (χ0n) is 24.2. The zero-order chi connectivity index (χ0) is 30.2. The summed E-state index contributed by atoms with van der Waals surface area (Å²) in [6.07, 6.45) is 6.15. The van der Waals surface area contributed by atoms with Gasteiger partial charge in [-0.25, -0.2) is 0 Å². The molecule has 44 heavy (non-hydrogen) atoms. The summed E-state index contributed by atoms with van der Waals surface area (Å²) in [5.41, 5.74) is 5.66. The molecule has 5 heterocycles. The number of imide groups is 1. The van der Waals surface area contributed by atoms with Crippen molar-refractivity contribution < 1.29 is 19.2 Å². The number of fused-ring (bicyclic) bond motifs is 2. The summed E-state index contributed by atoms with van der Waals surface area (Å²) in [6, 6.07) is 18.7. The lowest BCUT2D eigenvalue weighted by molar-refractivity contribution is -0.136. The van der Waals surface area contributed by atoms with Gasteiger partial charge in [-0.1, -0.05) is 24.3 Å². The molecule has 7 rings (SSSR count). The zero-order valence-corrected chi connectivity index (χ0v) is 24.2. The van der Waals surface area contributed by atoms with Crippen LogP contribution in [-0.4, -0.2) is 64.2 Å². The molecule has 222 valence electrons. The number of pyridine rings is 2. The molecule has 2 aromatic heterocycles. The van der Waals surface area contributed by atoms with Crippen LogP contribution in [0, 0.1) is 5.92 Å². The molecule has 3 aliphatic rings. The molecule has 2 aromatic carbocycles. The normalized spacial score (nSPS) is 18.8. The third-order valence-electron chi connectivity index (χ3n) is 8.97. The summed E-state index contributed by atoms with van der Waals surface area (Å²) in [4.78, 5) is 62.9. The number of carbonyl (C=O) groups is 4. The van der Waals surface area contributed by atoms with Crippen molar-refractivity contribution in [2.45, 2.75) is 38.3 Å². The van der Waals surface area contributed by atoms with Gasteiger partial charge in [0, 0.05) is 60.9 Å². The molecule has 2 saturated heterocycles. The molecule has 2 fully saturated rings. The molecule has 3 aliphatic heterocycles. The van der Waals surface area contributed by atoms with Gasteiger partial charge in [-0.2, -0.15) is 0 Å². The fourth-order valence-corrected chi connectivity index (χ4v) is 6.49. The maximum atomic E-state index is 13.0. The number of benzene rings is 2. The first-order chi connectivity index (χ1) is 21.4. The number of anilines is 1. The lowest BCUT2D eigenvalue weighted by atomic mass is 9.96. The van der Waals surface area contributed by atoms with Crippen LogP contribution in [0.15, 0.2) is 73.1 Å². The van der Waals surface area contributed by atoms with E-state index in [1.165, 1.54) is 4.90 Å². The molecule has 0 aliphatic carbocycles. The number of hydrogen-bond donors (Lipinski definition) is 2. The summed E-state index contributed by atoms with van der Waals surface area (Å²) in [5.74, 6) is -0.823. The highest BCUT2D eigenvalue weighted by Crippen LogP contribution is 2.30. The van der Waals surface area contributed by atoms with Crippen LogP contribution in [-0.2, 0) is 16.1 Å². The Balaban J connectivity index is 0.922. The molecule has 4 amide bonds. The van der Waals surface area contributed by atoms with Gasteiger partial charge in [-0.3, -0.25) is 34.5 Å². The number of nitrogens with zero attached hydrogens (tertiary/aromatic N) is 4. The van der Waals surface area contributed by atoms with Crippen molar-refractivity contribution in [1.29, 1.82) is 0 Å². The molecular formula is C34H32N6O4. The first kappa shape index (κ1) is 27.7. The molecule has 1 unspecified atom stereocenters. The summed E-state index contributed by atoms with van der Waals surface area (Å²) in [6.45, 7) is 2.59. The van der Waals surface area contributed by atoms with E-state index >= 15 is 0 Å². The number of amides is 4. The molecule has 0 spiro atoms. The number of rotatable bonds is 6. The van der Waals surface area contributed by atoms with Crippen molar-refractivity contribution in [3.05, 3.63) is 89.7 Å². The van der Waals surface area contributed by atoms with Gasteiger partial charge in [0.25, 0.3) is 11.8 Å². The van der Waals surface area contributed by atoms with Gasteiger partial charge in [0.05, 0.1) is 23.1 Å². The van der Waals surface area contributed by atoms with Gasteiger partial charge in [0.1, 0.15) is 6.04 Å². The molecular weight excluding hydrogens is 556 g/mol. The molecule has 2 N–H and O–H groups in total. The molecule has 10 heteroatoms. The smallest absolute Gasteiger partial charge is 0.255 e. The van der Waals surface area contributed by atoms with Crippen molar-refractivity contribution >= 4 is 40.2 Å². The minimum atomic E-state index is -0.675. The number of hydrogen-bond acceptors (Lipinski definition) is 7. The fourth-order valence-electron chi connectivity index (χ4n) is 6.49. The first-order valence-electron chi connectivity index (χ1n) is 15.1. The van der Waals surface area contributed by atoms with E-state index in [-0.39, 0.29) is 30.7 Å². The summed E-state index contributed by atoms with van der Waals surface area (Å²) in [5, 5.41) is 6.48. The largest absolute Gasteiger partial charge is 0.370 e. The van der Waals surface area contributed by atoms with E-state index in [9.17, 15) is 19.2 Å². The summed E-state index contributed by atoms with van der Waals surface area (Å²) >= 11 is 0. The predicted molar refractivity (Wildman–Crippen MR) is 165 cm³/mol. The lowest BCUT2D eigenvalue weighted by Gasteiger charge is -2.33. The van der Waals surface area contributed by atoms with Crippen LogP contribution in [0.1, 0.15) is 52.0 Å². The first-order valence-corrected chi connectivity index (χ1v) is 15.1. The molecule has 4 aromatic rings. The number of aromatic nitrogens is 2. The van der Waals surface area contributed by atoms with Crippen LogP contribution in [0.25, 0.3) is 22.2 Å². The Morgan fingerprint density at radius 2 is 1.77 bits per heavy atom. The minimum absolute atomic E-state index is 0.176. The van der Waals surface area contributed by atoms with E-state index in [4.69, 9.17) is 4.98 Å². The van der Waals surface area contributed by atoms with Gasteiger partial charge in [-0.15, -0.1) is 0 Å². The third-order valence-corrected chi connectivity index (χ3v) is 8.97. The Labute approximate surface area is 254 Å². The van der Waals surface area contributed by atoms with Crippen LogP contribution in [0.4, 0.5) is 5.69 Å². The Bertz CT molecular complexity index is 1780. The lowest BCUT2D eigenvalue weighted by Crippen LogP contribution is -2.52. The molecule has 1 atom stereocenters. The van der Waals surface area contributed by atoms with Crippen LogP contribution >= 0.6 is 0 Å². The standard InChI is InChI=1S/C34H32N6O4/c41-30-11-10-29(33(43)38-30)40-20-24-17-23(6-8-26(24)34(40)44)32(42)37-18-21-12-15-39(16-13-21)25-7-9-28(36-19-25)27-5-1-3-22-4-2-14-35-31(22)27/h1-9,14,17,19,21,29H,10-13,15-16,18,20H2,(H,37,42)(H,38,41,43). The Morgan fingerprint density at radius 3 is 2.57 bits per heavy atom. The summed E-state index contributed by atoms with van der Waals surface area (Å²) < 4.78 is 0. The van der Waals surface area contributed by atoms with E-state index in [0.717, 1.165) is 59.3 Å². The van der Waals surface area contributed by atoms with Crippen LogP contribution in [0.2, 0.25) is 0 Å². The number of carbonyl (C=O) groups excluding carboxylic acids is 4. The predicted octanol–water partition coefficient (Wildman–Crippen LogP) is 3.70. The molecule has 0 bridgehead atoms. The van der Waals surface area contributed by atoms with E-state index in [2.05, 4.69) is 50.8 Å². The molecule has 0 saturated carbocycles. The van der Waals surface area contributed by atoms with E-state index in [1.807, 2.05) is 18.3 Å². The van der Waals surface area contributed by atoms with Gasteiger partial charge in [-0.05, 0) is 67.1 Å². The second-order valence-electron chi connectivity index (χ2n) is 11.7. The van der Waals surface area contributed by atoms with Crippen LogP contribution < -0.4 is 15.5 Å². The van der Waals surface area contributed by atoms with Gasteiger partial charge in [0.2, 0.25) is 11.8 Å². The van der Waals surface area contributed by atoms with Crippen LogP contribution in [0.3, 0.4) is 0 Å². The van der Waals surface area contributed by atoms with Gasteiger partial charge >= 0.3 is 0 Å². The van der Waals surface area contributed by atoms with Gasteiger partial charge in [0.15, 0.2) is 0 Å². The Hall–Kier alpha value is -5.12. The quantitative estimate of drug-likeness (QED) is 0.329. The van der Waals surface area contributed by atoms with E-state index in [1.54, 1.807) is 24.4 Å². The van der Waals surface area contributed by atoms with Crippen molar-refractivity contribution in [2.24, 2.45) is 5.92 Å². The highest BCUT2D eigenvalue weighted by Gasteiger charge is 2.39. The van der Waals surface area contributed by atoms with Crippen molar-refractivity contribution in [3.8, 4) is 11.3 Å². The molecule has 0 radical (unpaired) electrons. The topological polar surface area (TPSA) is 125 Å². The van der Waals surface area contributed by atoms with Crippen molar-refractivity contribution in [3.63, 3.8) is 0 Å². The number of nitrogens with one attached hydrogen (secondary N) is 2. The summed E-state index contributed by atoms with van der Waals surface area (Å²) in [7, 11) is 0. The minimum Gasteiger partial charge on any atom is -0.370 e. The van der Waals surface area contributed by atoms with Gasteiger partial charge < -0.3 is 15.1 Å². The third kappa shape index (κ3) is 5.27. The SMILES string of the molecule is O=C1CCC(N2Cc3cc(C(=O)NCC4CCN(c5ccc(-c6cccc7cccnc67)nc5)CC4)ccc3C2=O)C(=O)N1. The molecule has 10 nitrogen and oxygen atoms in total. The maximum Gasteiger partial charge on any atom is 0.255 e. The average molecular weight is 589 g/mol. The monoisotopic (exact) mass is 588 g/mol. The number of para-hydroxylation sites is 1. The number of piperidine rings is 2. The van der Waals surface area contributed by atoms with Crippen molar-refractivity contribution in [1.82, 2.24) is 25.5 Å². The Kier molecular flexibility index (Phi) is 7.25. The average Bonchev–Trinajstić information content (AvgIpc) is 3.38. The highest BCUT2D eigenvalue weighted by molar-refractivity contribution is 6.06. The maximum absolute atomic E-state index is 13.0. The highest BCUT2D eigenvalue weighted by atomic mass is 16.2. The fraction of sp³-hybridized carbons (Fsp3) is 0.294. The van der Waals surface area contributed by atoms with E-state index < -0.39 is 11.9 Å². The van der Waals surface area contributed by atoms with E-state index in [0.29, 0.717) is 30.0 Å². The second kappa shape index (κ2) is 11.5. The Morgan fingerprint density at radius 1 is 0.932 bits per heavy atom. The van der Waals surface area contributed by atoms with Crippen LogP contribution in [0.5, 0.6) is 0 Å².